The Hall–Kier alpha value is -3.28. The van der Waals surface area contributed by atoms with Gasteiger partial charge >= 0.3 is 0 Å². The third kappa shape index (κ3) is 3.32. The van der Waals surface area contributed by atoms with Gasteiger partial charge in [-0.05, 0) is 41.8 Å². The Kier molecular flexibility index (Phi) is 5.24. The van der Waals surface area contributed by atoms with Crippen molar-refractivity contribution >= 4 is 11.6 Å². The highest BCUT2D eigenvalue weighted by Crippen LogP contribution is 2.39. The number of hydrogen-bond acceptors (Lipinski definition) is 4. The Bertz CT molecular complexity index is 1070. The van der Waals surface area contributed by atoms with Gasteiger partial charge in [0, 0.05) is 18.5 Å². The molecule has 1 atom stereocenters. The zero-order valence-electron chi connectivity index (χ0n) is 18.0. The predicted octanol–water partition coefficient (Wildman–Crippen LogP) is 4.78. The Morgan fingerprint density at radius 3 is 2.37 bits per heavy atom. The van der Waals surface area contributed by atoms with Crippen molar-refractivity contribution in [2.24, 2.45) is 0 Å². The van der Waals surface area contributed by atoms with Gasteiger partial charge in [0.1, 0.15) is 11.5 Å². The first-order valence-corrected chi connectivity index (χ1v) is 10.2. The van der Waals surface area contributed by atoms with Crippen LogP contribution in [-0.4, -0.2) is 36.5 Å². The molecule has 0 bridgehead atoms. The van der Waals surface area contributed by atoms with Crippen LogP contribution in [0, 0.1) is 0 Å². The Morgan fingerprint density at radius 2 is 1.73 bits per heavy atom. The lowest BCUT2D eigenvalue weighted by atomic mass is 10.0. The van der Waals surface area contributed by atoms with Crippen molar-refractivity contribution in [3.63, 3.8) is 0 Å². The van der Waals surface area contributed by atoms with Gasteiger partial charge in [0.05, 0.1) is 43.0 Å². The van der Waals surface area contributed by atoms with Crippen molar-refractivity contribution in [3.05, 3.63) is 65.5 Å². The van der Waals surface area contributed by atoms with Gasteiger partial charge in [-0.3, -0.25) is 4.79 Å². The molecular formula is C24H27N3O3. The monoisotopic (exact) mass is 405 g/mol. The number of ether oxygens (including phenoxy) is 2. The van der Waals surface area contributed by atoms with Crippen LogP contribution in [0.5, 0.6) is 11.5 Å². The fraction of sp³-hybridized carbons (Fsp3) is 0.333. The molecule has 0 fully saturated rings. The van der Waals surface area contributed by atoms with E-state index in [0.717, 1.165) is 34.1 Å². The average Bonchev–Trinajstić information content (AvgIpc) is 3.35. The highest BCUT2D eigenvalue weighted by Gasteiger charge is 2.33. The third-order valence-corrected chi connectivity index (χ3v) is 5.66. The number of methoxy groups -OCH3 is 2. The quantitative estimate of drug-likeness (QED) is 0.613. The number of benzene rings is 2. The van der Waals surface area contributed by atoms with E-state index in [1.165, 1.54) is 0 Å². The second-order valence-electron chi connectivity index (χ2n) is 7.95. The molecule has 0 spiro atoms. The van der Waals surface area contributed by atoms with Crippen LogP contribution in [0.15, 0.2) is 48.7 Å². The topological polar surface area (TPSA) is 56.6 Å². The second kappa shape index (κ2) is 7.86. The Balaban J connectivity index is 1.75. The Morgan fingerprint density at radius 1 is 1.07 bits per heavy atom. The van der Waals surface area contributed by atoms with E-state index in [9.17, 15) is 4.79 Å². The maximum absolute atomic E-state index is 13.6. The minimum atomic E-state index is -0.0303. The van der Waals surface area contributed by atoms with E-state index >= 15 is 0 Å². The third-order valence-electron chi connectivity index (χ3n) is 5.66. The standard InChI is InChI=1S/C24H27N3O3/c1-15(2)23-21(13-25-27(23)17-6-8-18(29-4)9-7-17)24(28)26-14-16(3)20-11-10-19(30-5)12-22(20)26/h6-13,15-16H,14H2,1-5H3. The lowest BCUT2D eigenvalue weighted by Gasteiger charge is -2.20. The fourth-order valence-corrected chi connectivity index (χ4v) is 4.12. The van der Waals surface area contributed by atoms with Gasteiger partial charge in [-0.2, -0.15) is 5.10 Å². The molecule has 0 saturated heterocycles. The maximum Gasteiger partial charge on any atom is 0.261 e. The van der Waals surface area contributed by atoms with Gasteiger partial charge in [-0.1, -0.05) is 26.8 Å². The number of nitrogens with zero attached hydrogens (tertiary/aromatic N) is 3. The van der Waals surface area contributed by atoms with Crippen molar-refractivity contribution in [1.29, 1.82) is 0 Å². The van der Waals surface area contributed by atoms with Gasteiger partial charge in [0.15, 0.2) is 0 Å². The van der Waals surface area contributed by atoms with E-state index in [0.29, 0.717) is 12.1 Å². The van der Waals surface area contributed by atoms with Crippen molar-refractivity contribution < 1.29 is 14.3 Å². The molecule has 156 valence electrons. The Labute approximate surface area is 177 Å². The first-order valence-electron chi connectivity index (χ1n) is 10.2. The van der Waals surface area contributed by atoms with Crippen molar-refractivity contribution in [1.82, 2.24) is 9.78 Å². The minimum absolute atomic E-state index is 0.0303. The molecule has 1 aromatic heterocycles. The van der Waals surface area contributed by atoms with E-state index in [4.69, 9.17) is 9.47 Å². The molecule has 4 rings (SSSR count). The van der Waals surface area contributed by atoms with E-state index < -0.39 is 0 Å². The number of rotatable bonds is 5. The normalized spacial score (nSPS) is 15.4. The van der Waals surface area contributed by atoms with Crippen LogP contribution in [-0.2, 0) is 0 Å². The maximum atomic E-state index is 13.6. The summed E-state index contributed by atoms with van der Waals surface area (Å²) in [6.45, 7) is 6.95. The van der Waals surface area contributed by atoms with Crippen LogP contribution in [0.25, 0.3) is 5.69 Å². The summed E-state index contributed by atoms with van der Waals surface area (Å²) >= 11 is 0. The molecule has 1 unspecified atom stereocenters. The summed E-state index contributed by atoms with van der Waals surface area (Å²) in [6.07, 6.45) is 1.69. The number of anilines is 1. The van der Waals surface area contributed by atoms with Crippen LogP contribution in [0.3, 0.4) is 0 Å². The molecule has 30 heavy (non-hydrogen) atoms. The summed E-state index contributed by atoms with van der Waals surface area (Å²) in [6, 6.07) is 13.6. The summed E-state index contributed by atoms with van der Waals surface area (Å²) in [5.74, 6) is 1.90. The molecule has 0 aliphatic carbocycles. The number of amides is 1. The van der Waals surface area contributed by atoms with Gasteiger partial charge < -0.3 is 14.4 Å². The molecule has 6 nitrogen and oxygen atoms in total. The summed E-state index contributed by atoms with van der Waals surface area (Å²) < 4.78 is 12.5. The molecule has 0 radical (unpaired) electrons. The van der Waals surface area contributed by atoms with Crippen LogP contribution in [0.1, 0.15) is 54.2 Å². The fourth-order valence-electron chi connectivity index (χ4n) is 4.12. The molecule has 2 heterocycles. The number of fused-ring (bicyclic) bond motifs is 1. The summed E-state index contributed by atoms with van der Waals surface area (Å²) in [4.78, 5) is 15.5. The molecule has 6 heteroatoms. The van der Waals surface area contributed by atoms with E-state index in [2.05, 4.69) is 31.9 Å². The smallest absolute Gasteiger partial charge is 0.261 e. The second-order valence-corrected chi connectivity index (χ2v) is 7.95. The van der Waals surface area contributed by atoms with E-state index in [-0.39, 0.29) is 17.7 Å². The van der Waals surface area contributed by atoms with E-state index in [1.54, 1.807) is 20.4 Å². The molecular weight excluding hydrogens is 378 g/mol. The minimum Gasteiger partial charge on any atom is -0.497 e. The largest absolute Gasteiger partial charge is 0.497 e. The number of carbonyl (C=O) groups excluding carboxylic acids is 1. The lowest BCUT2D eigenvalue weighted by Crippen LogP contribution is -2.30. The molecule has 1 aliphatic rings. The molecule has 0 N–H and O–H groups in total. The van der Waals surface area contributed by atoms with Crippen molar-refractivity contribution in [2.75, 3.05) is 25.7 Å². The van der Waals surface area contributed by atoms with Gasteiger partial charge in [0.25, 0.3) is 5.91 Å². The highest BCUT2D eigenvalue weighted by atomic mass is 16.5. The number of aromatic nitrogens is 2. The summed E-state index contributed by atoms with van der Waals surface area (Å²) in [5, 5.41) is 4.57. The molecule has 1 amide bonds. The zero-order chi connectivity index (χ0) is 21.4. The molecule has 2 aromatic carbocycles. The van der Waals surface area contributed by atoms with Gasteiger partial charge in [-0.25, -0.2) is 4.68 Å². The lowest BCUT2D eigenvalue weighted by molar-refractivity contribution is 0.0987. The molecule has 3 aromatic rings. The predicted molar refractivity (Wildman–Crippen MR) is 117 cm³/mol. The first kappa shape index (κ1) is 20.0. The highest BCUT2D eigenvalue weighted by molar-refractivity contribution is 6.08. The van der Waals surface area contributed by atoms with Crippen LogP contribution < -0.4 is 14.4 Å². The number of carbonyl (C=O) groups is 1. The molecule has 0 saturated carbocycles. The SMILES string of the molecule is COc1ccc(-n2ncc(C(=O)N3CC(C)c4ccc(OC)cc43)c2C(C)C)cc1. The van der Waals surface area contributed by atoms with Crippen molar-refractivity contribution in [3.8, 4) is 17.2 Å². The van der Waals surface area contributed by atoms with E-state index in [1.807, 2.05) is 46.0 Å². The van der Waals surface area contributed by atoms with Crippen LogP contribution in [0.4, 0.5) is 5.69 Å². The number of hydrogen-bond donors (Lipinski definition) is 0. The van der Waals surface area contributed by atoms with Gasteiger partial charge in [-0.15, -0.1) is 0 Å². The summed E-state index contributed by atoms with van der Waals surface area (Å²) in [5.41, 5.74) is 4.50. The van der Waals surface area contributed by atoms with Crippen LogP contribution in [0.2, 0.25) is 0 Å². The summed E-state index contributed by atoms with van der Waals surface area (Å²) in [7, 11) is 3.28. The molecule has 1 aliphatic heterocycles. The zero-order valence-corrected chi connectivity index (χ0v) is 18.0. The average molecular weight is 405 g/mol. The first-order chi connectivity index (χ1) is 14.4. The van der Waals surface area contributed by atoms with Gasteiger partial charge in [0.2, 0.25) is 0 Å². The van der Waals surface area contributed by atoms with Crippen molar-refractivity contribution in [2.45, 2.75) is 32.6 Å². The van der Waals surface area contributed by atoms with Crippen LogP contribution >= 0.6 is 0 Å².